The molecule has 1 atom stereocenters. The number of nitrogens with one attached hydrogen (secondary N) is 2. The number of carbonyl (C=O) groups excluding carboxylic acids is 3. The molecule has 1 unspecified atom stereocenters. The van der Waals surface area contributed by atoms with Gasteiger partial charge in [0, 0.05) is 30.9 Å². The van der Waals surface area contributed by atoms with Crippen LogP contribution in [0.3, 0.4) is 0 Å². The van der Waals surface area contributed by atoms with Crippen LogP contribution in [0, 0.1) is 0 Å². The largest absolute Gasteiger partial charge is 0.341 e. The van der Waals surface area contributed by atoms with Gasteiger partial charge in [-0.3, -0.25) is 14.4 Å². The second kappa shape index (κ2) is 8.52. The van der Waals surface area contributed by atoms with Crippen LogP contribution in [0.2, 0.25) is 0 Å². The van der Waals surface area contributed by atoms with E-state index in [-0.39, 0.29) is 17.7 Å². The Morgan fingerprint density at radius 3 is 2.57 bits per heavy atom. The number of nitrogens with zero attached hydrogens (tertiary/aromatic N) is 1. The predicted molar refractivity (Wildman–Crippen MR) is 110 cm³/mol. The molecule has 6 heteroatoms. The van der Waals surface area contributed by atoms with Crippen molar-refractivity contribution in [2.24, 2.45) is 0 Å². The highest BCUT2D eigenvalue weighted by Crippen LogP contribution is 2.30. The van der Waals surface area contributed by atoms with E-state index in [9.17, 15) is 14.4 Å². The Kier molecular flexibility index (Phi) is 5.89. The SMILES string of the molecule is CC(=O)N1CCc2cc(NC(=O)C(C)NC(=O)/C=C/c3ccccc3)ccc21. The molecule has 28 heavy (non-hydrogen) atoms. The normalized spacial score (nSPS) is 13.9. The minimum Gasteiger partial charge on any atom is -0.341 e. The highest BCUT2D eigenvalue weighted by Gasteiger charge is 2.23. The van der Waals surface area contributed by atoms with Gasteiger partial charge in [-0.15, -0.1) is 0 Å². The molecule has 0 spiro atoms. The van der Waals surface area contributed by atoms with Crippen molar-refractivity contribution in [1.82, 2.24) is 5.32 Å². The number of fused-ring (bicyclic) bond motifs is 1. The van der Waals surface area contributed by atoms with E-state index in [1.54, 1.807) is 30.9 Å². The minimum atomic E-state index is -0.685. The molecule has 0 bridgehead atoms. The third-order valence-electron chi connectivity index (χ3n) is 4.60. The minimum absolute atomic E-state index is 0.00966. The van der Waals surface area contributed by atoms with Crippen LogP contribution in [0.15, 0.2) is 54.6 Å². The van der Waals surface area contributed by atoms with Gasteiger partial charge >= 0.3 is 0 Å². The Morgan fingerprint density at radius 2 is 1.86 bits per heavy atom. The van der Waals surface area contributed by atoms with Crippen LogP contribution < -0.4 is 15.5 Å². The summed E-state index contributed by atoms with van der Waals surface area (Å²) in [6.45, 7) is 3.83. The van der Waals surface area contributed by atoms with Gasteiger partial charge in [0.1, 0.15) is 6.04 Å². The van der Waals surface area contributed by atoms with Gasteiger partial charge in [0.25, 0.3) is 0 Å². The van der Waals surface area contributed by atoms with Gasteiger partial charge in [0.05, 0.1) is 0 Å². The molecule has 0 aromatic heterocycles. The number of rotatable bonds is 5. The molecule has 2 aromatic carbocycles. The molecule has 144 valence electrons. The molecular formula is C22H23N3O3. The lowest BCUT2D eigenvalue weighted by Gasteiger charge is -2.16. The molecule has 0 aliphatic carbocycles. The first-order chi connectivity index (χ1) is 13.4. The maximum atomic E-state index is 12.4. The first kappa shape index (κ1) is 19.4. The van der Waals surface area contributed by atoms with Crippen LogP contribution >= 0.6 is 0 Å². The topological polar surface area (TPSA) is 78.5 Å². The molecule has 6 nitrogen and oxygen atoms in total. The maximum absolute atomic E-state index is 12.4. The van der Waals surface area contributed by atoms with E-state index in [1.807, 2.05) is 42.5 Å². The van der Waals surface area contributed by atoms with Crippen molar-refractivity contribution in [3.05, 3.63) is 65.7 Å². The van der Waals surface area contributed by atoms with Gasteiger partial charge in [-0.2, -0.15) is 0 Å². The summed E-state index contributed by atoms with van der Waals surface area (Å²) in [6, 6.07) is 14.3. The van der Waals surface area contributed by atoms with E-state index < -0.39 is 6.04 Å². The third kappa shape index (κ3) is 4.65. The summed E-state index contributed by atoms with van der Waals surface area (Å²) in [7, 11) is 0. The average molecular weight is 377 g/mol. The summed E-state index contributed by atoms with van der Waals surface area (Å²) in [6.07, 6.45) is 3.86. The second-order valence-electron chi connectivity index (χ2n) is 6.73. The van der Waals surface area contributed by atoms with Gasteiger partial charge in [0.2, 0.25) is 17.7 Å². The summed E-state index contributed by atoms with van der Waals surface area (Å²) in [5.41, 5.74) is 3.47. The standard InChI is InChI=1S/C22H23N3O3/c1-15(23-21(27)11-8-17-6-4-3-5-7-17)22(28)24-19-9-10-20-18(14-19)12-13-25(20)16(2)26/h3-11,14-15H,12-13H2,1-2H3,(H,23,27)(H,24,28)/b11-8+. The Morgan fingerprint density at radius 1 is 1.11 bits per heavy atom. The van der Waals surface area contributed by atoms with Crippen LogP contribution in [-0.2, 0) is 20.8 Å². The van der Waals surface area contributed by atoms with E-state index in [4.69, 9.17) is 0 Å². The number of amides is 3. The number of anilines is 2. The van der Waals surface area contributed by atoms with Crippen molar-refractivity contribution in [3.63, 3.8) is 0 Å². The van der Waals surface area contributed by atoms with E-state index >= 15 is 0 Å². The maximum Gasteiger partial charge on any atom is 0.246 e. The highest BCUT2D eigenvalue weighted by molar-refractivity contribution is 6.00. The highest BCUT2D eigenvalue weighted by atomic mass is 16.2. The second-order valence-corrected chi connectivity index (χ2v) is 6.73. The first-order valence-electron chi connectivity index (χ1n) is 9.19. The van der Waals surface area contributed by atoms with Crippen molar-refractivity contribution in [2.75, 3.05) is 16.8 Å². The fraction of sp³-hybridized carbons (Fsp3) is 0.227. The van der Waals surface area contributed by atoms with Crippen molar-refractivity contribution in [2.45, 2.75) is 26.3 Å². The molecule has 0 radical (unpaired) electrons. The summed E-state index contributed by atoms with van der Waals surface area (Å²) in [4.78, 5) is 37.7. The van der Waals surface area contributed by atoms with Gasteiger partial charge < -0.3 is 15.5 Å². The van der Waals surface area contributed by atoms with E-state index in [0.717, 1.165) is 23.2 Å². The first-order valence-corrected chi connectivity index (χ1v) is 9.19. The molecule has 2 aromatic rings. The Bertz CT molecular complexity index is 922. The Labute approximate surface area is 164 Å². The van der Waals surface area contributed by atoms with Crippen LogP contribution in [0.5, 0.6) is 0 Å². The molecule has 3 rings (SSSR count). The summed E-state index contributed by atoms with van der Waals surface area (Å²) >= 11 is 0. The summed E-state index contributed by atoms with van der Waals surface area (Å²) in [5.74, 6) is -0.629. The van der Waals surface area contributed by atoms with Gasteiger partial charge in [-0.05, 0) is 48.7 Å². The fourth-order valence-electron chi connectivity index (χ4n) is 3.12. The Hall–Kier alpha value is -3.41. The third-order valence-corrected chi connectivity index (χ3v) is 4.60. The number of carbonyl (C=O) groups is 3. The van der Waals surface area contributed by atoms with Gasteiger partial charge in [0.15, 0.2) is 0 Å². The summed E-state index contributed by atoms with van der Waals surface area (Å²) in [5, 5.41) is 5.47. The molecule has 1 aliphatic heterocycles. The number of hydrogen-bond acceptors (Lipinski definition) is 3. The lowest BCUT2D eigenvalue weighted by atomic mass is 10.1. The van der Waals surface area contributed by atoms with Crippen LogP contribution in [0.4, 0.5) is 11.4 Å². The molecule has 0 saturated carbocycles. The smallest absolute Gasteiger partial charge is 0.246 e. The summed E-state index contributed by atoms with van der Waals surface area (Å²) < 4.78 is 0. The van der Waals surface area contributed by atoms with Crippen molar-refractivity contribution in [3.8, 4) is 0 Å². The van der Waals surface area contributed by atoms with Crippen LogP contribution in [0.1, 0.15) is 25.0 Å². The zero-order valence-corrected chi connectivity index (χ0v) is 15.9. The van der Waals surface area contributed by atoms with Crippen molar-refractivity contribution < 1.29 is 14.4 Å². The molecule has 0 saturated heterocycles. The van der Waals surface area contributed by atoms with E-state index in [0.29, 0.717) is 12.2 Å². The van der Waals surface area contributed by atoms with Crippen LogP contribution in [0.25, 0.3) is 6.08 Å². The van der Waals surface area contributed by atoms with E-state index in [2.05, 4.69) is 10.6 Å². The number of hydrogen-bond donors (Lipinski definition) is 2. The molecule has 2 N–H and O–H groups in total. The fourth-order valence-corrected chi connectivity index (χ4v) is 3.12. The van der Waals surface area contributed by atoms with E-state index in [1.165, 1.54) is 6.08 Å². The zero-order chi connectivity index (χ0) is 20.1. The molecular weight excluding hydrogens is 354 g/mol. The van der Waals surface area contributed by atoms with Crippen molar-refractivity contribution in [1.29, 1.82) is 0 Å². The van der Waals surface area contributed by atoms with Crippen LogP contribution in [-0.4, -0.2) is 30.3 Å². The molecule has 0 fully saturated rings. The molecule has 1 aliphatic rings. The monoisotopic (exact) mass is 377 g/mol. The molecule has 1 heterocycles. The lowest BCUT2D eigenvalue weighted by Crippen LogP contribution is -2.40. The average Bonchev–Trinajstić information content (AvgIpc) is 3.10. The molecule has 3 amide bonds. The quantitative estimate of drug-likeness (QED) is 0.787. The van der Waals surface area contributed by atoms with Crippen molar-refractivity contribution >= 4 is 35.2 Å². The van der Waals surface area contributed by atoms with Gasteiger partial charge in [-0.1, -0.05) is 30.3 Å². The Balaban J connectivity index is 1.56. The zero-order valence-electron chi connectivity index (χ0n) is 15.9. The number of benzene rings is 2. The van der Waals surface area contributed by atoms with Gasteiger partial charge in [-0.25, -0.2) is 0 Å². The lowest BCUT2D eigenvalue weighted by molar-refractivity contribution is -0.123. The predicted octanol–water partition coefficient (Wildman–Crippen LogP) is 2.75.